The van der Waals surface area contributed by atoms with Gasteiger partial charge < -0.3 is 0 Å². The minimum Gasteiger partial charge on any atom is -0.276 e. The van der Waals surface area contributed by atoms with E-state index < -0.39 is 5.41 Å². The molecule has 3 rings (SSSR count). The molecule has 6 heteroatoms. The van der Waals surface area contributed by atoms with Crippen molar-refractivity contribution in [1.82, 2.24) is 19.9 Å². The van der Waals surface area contributed by atoms with E-state index in [2.05, 4.69) is 10.2 Å². The van der Waals surface area contributed by atoms with E-state index in [0.717, 1.165) is 5.69 Å². The molecule has 1 aliphatic heterocycles. The Kier molecular flexibility index (Phi) is 3.08. The second-order valence-electron chi connectivity index (χ2n) is 5.81. The number of aromatic nitrogens is 3. The molecule has 1 fully saturated rings. The topological polar surface area (TPSA) is 68.1 Å². The van der Waals surface area contributed by atoms with Gasteiger partial charge in [-0.25, -0.2) is 0 Å². The van der Waals surface area contributed by atoms with Crippen molar-refractivity contribution < 1.29 is 9.59 Å². The van der Waals surface area contributed by atoms with Gasteiger partial charge in [0, 0.05) is 6.42 Å². The van der Waals surface area contributed by atoms with E-state index in [1.165, 1.54) is 9.70 Å². The molecule has 108 valence electrons. The van der Waals surface area contributed by atoms with Crippen LogP contribution in [0.15, 0.2) is 36.5 Å². The molecule has 0 radical (unpaired) electrons. The molecular formula is C15H16N4O2. The highest BCUT2D eigenvalue weighted by atomic mass is 16.2. The third-order valence-corrected chi connectivity index (χ3v) is 3.56. The second kappa shape index (κ2) is 4.80. The molecule has 0 N–H and O–H groups in total. The first kappa shape index (κ1) is 13.5. The van der Waals surface area contributed by atoms with Crippen LogP contribution in [0.25, 0.3) is 5.69 Å². The fraction of sp³-hybridized carbons (Fsp3) is 0.333. The average Bonchev–Trinajstić information content (AvgIpc) is 2.99. The number of rotatable bonds is 3. The normalized spacial score (nSPS) is 17.5. The van der Waals surface area contributed by atoms with Gasteiger partial charge in [-0.05, 0) is 12.1 Å². The van der Waals surface area contributed by atoms with Gasteiger partial charge in [0.25, 0.3) is 0 Å². The van der Waals surface area contributed by atoms with Crippen LogP contribution >= 0.6 is 0 Å². The average molecular weight is 284 g/mol. The molecule has 0 saturated carbocycles. The van der Waals surface area contributed by atoms with Gasteiger partial charge in [-0.1, -0.05) is 32.0 Å². The van der Waals surface area contributed by atoms with Crippen molar-refractivity contribution in [3.05, 3.63) is 42.2 Å². The Morgan fingerprint density at radius 2 is 1.90 bits per heavy atom. The maximum atomic E-state index is 12.2. The van der Waals surface area contributed by atoms with E-state index in [1.54, 1.807) is 20.0 Å². The summed E-state index contributed by atoms with van der Waals surface area (Å²) in [7, 11) is 0. The first-order chi connectivity index (χ1) is 9.97. The number of carbonyl (C=O) groups excluding carboxylic acids is 2. The number of hydrogen-bond donors (Lipinski definition) is 0. The number of carbonyl (C=O) groups is 2. The Morgan fingerprint density at radius 1 is 1.19 bits per heavy atom. The lowest BCUT2D eigenvalue weighted by atomic mass is 9.92. The summed E-state index contributed by atoms with van der Waals surface area (Å²) in [6.07, 6.45) is 1.83. The molecule has 21 heavy (non-hydrogen) atoms. The number of amides is 2. The maximum Gasteiger partial charge on any atom is 0.235 e. The number of hydrogen-bond acceptors (Lipinski definition) is 4. The van der Waals surface area contributed by atoms with Crippen molar-refractivity contribution in [2.24, 2.45) is 5.41 Å². The largest absolute Gasteiger partial charge is 0.276 e. The predicted octanol–water partition coefficient (Wildman–Crippen LogP) is 1.55. The van der Waals surface area contributed by atoms with Gasteiger partial charge >= 0.3 is 0 Å². The summed E-state index contributed by atoms with van der Waals surface area (Å²) >= 11 is 0. The number of imide groups is 1. The molecule has 0 unspecified atom stereocenters. The number of likely N-dealkylation sites (tertiary alicyclic amines) is 1. The Hall–Kier alpha value is -2.50. The summed E-state index contributed by atoms with van der Waals surface area (Å²) in [5.41, 5.74) is 0.813. The molecule has 0 atom stereocenters. The van der Waals surface area contributed by atoms with E-state index in [9.17, 15) is 9.59 Å². The first-order valence-electron chi connectivity index (χ1n) is 6.79. The van der Waals surface area contributed by atoms with Crippen LogP contribution in [0.2, 0.25) is 0 Å². The molecule has 1 aliphatic rings. The Labute approximate surface area is 122 Å². The van der Waals surface area contributed by atoms with Crippen molar-refractivity contribution in [3.8, 4) is 5.69 Å². The Balaban J connectivity index is 1.80. The predicted molar refractivity (Wildman–Crippen MR) is 75.3 cm³/mol. The summed E-state index contributed by atoms with van der Waals surface area (Å²) in [4.78, 5) is 26.9. The smallest absolute Gasteiger partial charge is 0.235 e. The van der Waals surface area contributed by atoms with E-state index in [-0.39, 0.29) is 24.8 Å². The fourth-order valence-electron chi connectivity index (χ4n) is 2.40. The highest BCUT2D eigenvalue weighted by Crippen LogP contribution is 2.32. The lowest BCUT2D eigenvalue weighted by molar-refractivity contribution is -0.141. The van der Waals surface area contributed by atoms with Crippen LogP contribution in [-0.4, -0.2) is 31.7 Å². The summed E-state index contributed by atoms with van der Waals surface area (Å²) < 4.78 is 0. The van der Waals surface area contributed by atoms with Gasteiger partial charge in [0.2, 0.25) is 11.8 Å². The number of para-hydroxylation sites is 1. The van der Waals surface area contributed by atoms with E-state index in [4.69, 9.17) is 0 Å². The third kappa shape index (κ3) is 2.44. The van der Waals surface area contributed by atoms with E-state index >= 15 is 0 Å². The Morgan fingerprint density at radius 3 is 2.52 bits per heavy atom. The highest BCUT2D eigenvalue weighted by molar-refractivity contribution is 6.05. The SMILES string of the molecule is CC1(C)CC(=O)N(Cc2cnn(-c3ccccc3)n2)C1=O. The Bertz CT molecular complexity index is 691. The van der Waals surface area contributed by atoms with Gasteiger partial charge in [0.15, 0.2) is 0 Å². The summed E-state index contributed by atoms with van der Waals surface area (Å²) in [6, 6.07) is 9.48. The minimum absolute atomic E-state index is 0.151. The quantitative estimate of drug-likeness (QED) is 0.802. The van der Waals surface area contributed by atoms with Crippen LogP contribution < -0.4 is 0 Å². The van der Waals surface area contributed by atoms with Crippen molar-refractivity contribution in [2.75, 3.05) is 0 Å². The zero-order valence-electron chi connectivity index (χ0n) is 12.0. The van der Waals surface area contributed by atoms with Gasteiger partial charge in [-0.15, -0.1) is 0 Å². The zero-order chi connectivity index (χ0) is 15.0. The molecule has 0 bridgehead atoms. The van der Waals surface area contributed by atoms with Gasteiger partial charge in [0.1, 0.15) is 5.69 Å². The van der Waals surface area contributed by atoms with E-state index in [1.807, 2.05) is 30.3 Å². The molecule has 0 aliphatic carbocycles. The summed E-state index contributed by atoms with van der Waals surface area (Å²) in [6.45, 7) is 3.75. The zero-order valence-corrected chi connectivity index (χ0v) is 12.0. The highest BCUT2D eigenvalue weighted by Gasteiger charge is 2.44. The van der Waals surface area contributed by atoms with E-state index in [0.29, 0.717) is 5.69 Å². The number of nitrogens with zero attached hydrogens (tertiary/aromatic N) is 4. The van der Waals surface area contributed by atoms with Crippen LogP contribution in [-0.2, 0) is 16.1 Å². The van der Waals surface area contributed by atoms with Gasteiger partial charge in [-0.2, -0.15) is 15.0 Å². The van der Waals surface area contributed by atoms with Gasteiger partial charge in [0.05, 0.1) is 23.8 Å². The molecular weight excluding hydrogens is 268 g/mol. The fourth-order valence-corrected chi connectivity index (χ4v) is 2.40. The lowest BCUT2D eigenvalue weighted by Gasteiger charge is -2.16. The number of benzene rings is 1. The van der Waals surface area contributed by atoms with Crippen LogP contribution in [0.3, 0.4) is 0 Å². The lowest BCUT2D eigenvalue weighted by Crippen LogP contribution is -2.32. The maximum absolute atomic E-state index is 12.2. The van der Waals surface area contributed by atoms with Crippen LogP contribution in [0, 0.1) is 5.41 Å². The third-order valence-electron chi connectivity index (χ3n) is 3.56. The minimum atomic E-state index is -0.619. The van der Waals surface area contributed by atoms with Crippen molar-refractivity contribution >= 4 is 11.8 Å². The molecule has 6 nitrogen and oxygen atoms in total. The van der Waals surface area contributed by atoms with Crippen LogP contribution in [0.1, 0.15) is 26.0 Å². The molecule has 2 amide bonds. The van der Waals surface area contributed by atoms with Crippen molar-refractivity contribution in [2.45, 2.75) is 26.8 Å². The van der Waals surface area contributed by atoms with Gasteiger partial charge in [-0.3, -0.25) is 14.5 Å². The van der Waals surface area contributed by atoms with Crippen molar-refractivity contribution in [1.29, 1.82) is 0 Å². The summed E-state index contributed by atoms with van der Waals surface area (Å²) in [5, 5.41) is 8.49. The van der Waals surface area contributed by atoms with Crippen LogP contribution in [0.5, 0.6) is 0 Å². The van der Waals surface area contributed by atoms with Crippen LogP contribution in [0.4, 0.5) is 0 Å². The molecule has 1 aromatic heterocycles. The van der Waals surface area contributed by atoms with Crippen molar-refractivity contribution in [3.63, 3.8) is 0 Å². The first-order valence-corrected chi connectivity index (χ1v) is 6.79. The summed E-state index contributed by atoms with van der Waals surface area (Å²) in [5.74, 6) is -0.305. The molecule has 1 aromatic carbocycles. The molecule has 1 saturated heterocycles. The standard InChI is InChI=1S/C15H16N4O2/c1-15(2)8-13(20)18(14(15)21)10-11-9-16-19(17-11)12-6-4-3-5-7-12/h3-7,9H,8,10H2,1-2H3. The molecule has 2 heterocycles. The molecule has 2 aromatic rings. The molecule has 0 spiro atoms. The monoisotopic (exact) mass is 284 g/mol. The second-order valence-corrected chi connectivity index (χ2v) is 5.81.